The first-order valence-corrected chi connectivity index (χ1v) is 11.2. The van der Waals surface area contributed by atoms with Crippen molar-refractivity contribution in [3.63, 3.8) is 0 Å². The number of nitrogens with zero attached hydrogens (tertiary/aromatic N) is 2. The van der Waals surface area contributed by atoms with E-state index in [0.29, 0.717) is 10.2 Å². The molecule has 0 saturated carbocycles. The van der Waals surface area contributed by atoms with Gasteiger partial charge in [-0.15, -0.1) is 11.3 Å². The Bertz CT molecular complexity index is 977. The van der Waals surface area contributed by atoms with Crippen molar-refractivity contribution in [1.82, 2.24) is 14.8 Å². The van der Waals surface area contributed by atoms with Crippen molar-refractivity contribution in [3.05, 3.63) is 39.8 Å². The number of aromatic nitrogens is 1. The fourth-order valence-electron chi connectivity index (χ4n) is 3.07. The fraction of sp³-hybridized carbons (Fsp3) is 0.412. The summed E-state index contributed by atoms with van der Waals surface area (Å²) < 4.78 is 38.9. The highest BCUT2D eigenvalue weighted by molar-refractivity contribution is 7.89. The van der Waals surface area contributed by atoms with Gasteiger partial charge in [0.15, 0.2) is 4.47 Å². The first kappa shape index (κ1) is 21.9. The van der Waals surface area contributed by atoms with Gasteiger partial charge >= 0.3 is 0 Å². The summed E-state index contributed by atoms with van der Waals surface area (Å²) in [4.78, 5) is 16.9. The lowest BCUT2D eigenvalue weighted by molar-refractivity contribution is -0.154. The van der Waals surface area contributed by atoms with E-state index in [0.717, 1.165) is 9.18 Å². The molecule has 12 heteroatoms. The van der Waals surface area contributed by atoms with E-state index >= 15 is 0 Å². The Labute approximate surface area is 177 Å². The molecule has 2 heterocycles. The highest BCUT2D eigenvalue weighted by Crippen LogP contribution is 2.31. The molecule has 2 aromatic rings. The molecular weight excluding hydrogens is 442 g/mol. The summed E-state index contributed by atoms with van der Waals surface area (Å²) in [5.41, 5.74) is 0.415. The van der Waals surface area contributed by atoms with Crippen LogP contribution in [0.1, 0.15) is 18.7 Å². The first-order chi connectivity index (χ1) is 13.6. The standard InChI is InChI=1S/C17H20ClN3O6S2/c1-17(2)14(15(22)20-23)21(7-8-27-17)29(24,25)13-5-3-11(4-6-13)26-10-12-9-19-16(18)28-12/h3-6,9,14,23H,7-8,10H2,1-2H3,(H,20,22)/t14-/m1/s1. The molecule has 1 fully saturated rings. The molecule has 0 aliphatic carbocycles. The van der Waals surface area contributed by atoms with Gasteiger partial charge in [0.1, 0.15) is 18.4 Å². The molecule has 29 heavy (non-hydrogen) atoms. The molecule has 1 aliphatic heterocycles. The Hall–Kier alpha value is -1.76. The second-order valence-corrected chi connectivity index (χ2v) is 10.4. The molecule has 1 aromatic carbocycles. The minimum atomic E-state index is -4.02. The Morgan fingerprint density at radius 2 is 2.14 bits per heavy atom. The van der Waals surface area contributed by atoms with Crippen LogP contribution in [0.5, 0.6) is 5.75 Å². The normalized spacial score (nSPS) is 19.7. The lowest BCUT2D eigenvalue weighted by atomic mass is 9.96. The molecule has 1 atom stereocenters. The molecule has 2 N–H and O–H groups in total. The predicted octanol–water partition coefficient (Wildman–Crippen LogP) is 2.05. The fourth-order valence-corrected chi connectivity index (χ4v) is 5.65. The molecule has 0 spiro atoms. The van der Waals surface area contributed by atoms with Crippen molar-refractivity contribution in [2.45, 2.75) is 37.0 Å². The Morgan fingerprint density at radius 3 is 2.72 bits per heavy atom. The second kappa shape index (κ2) is 8.54. The van der Waals surface area contributed by atoms with Gasteiger partial charge in [0, 0.05) is 12.7 Å². The smallest absolute Gasteiger partial charge is 0.264 e. The van der Waals surface area contributed by atoms with Crippen molar-refractivity contribution in [3.8, 4) is 5.75 Å². The number of benzene rings is 1. The Kier molecular flexibility index (Phi) is 6.46. The summed E-state index contributed by atoms with van der Waals surface area (Å²) in [5, 5.41) is 9.06. The summed E-state index contributed by atoms with van der Waals surface area (Å²) in [6.45, 7) is 3.55. The van der Waals surface area contributed by atoms with Crippen molar-refractivity contribution in [1.29, 1.82) is 0 Å². The third kappa shape index (κ3) is 4.71. The van der Waals surface area contributed by atoms with Crippen LogP contribution in [0.25, 0.3) is 0 Å². The van der Waals surface area contributed by atoms with E-state index in [-0.39, 0.29) is 24.7 Å². The minimum Gasteiger partial charge on any atom is -0.488 e. The second-order valence-electron chi connectivity index (χ2n) is 6.79. The zero-order valence-electron chi connectivity index (χ0n) is 15.7. The molecular formula is C17H20ClN3O6S2. The van der Waals surface area contributed by atoms with Crippen LogP contribution in [0.4, 0.5) is 0 Å². The maximum Gasteiger partial charge on any atom is 0.264 e. The Balaban J connectivity index is 1.79. The summed E-state index contributed by atoms with van der Waals surface area (Å²) >= 11 is 7.07. The number of rotatable bonds is 6. The van der Waals surface area contributed by atoms with Crippen LogP contribution in [0.15, 0.2) is 35.4 Å². The topological polar surface area (TPSA) is 118 Å². The van der Waals surface area contributed by atoms with Crippen molar-refractivity contribution in [2.24, 2.45) is 0 Å². The largest absolute Gasteiger partial charge is 0.488 e. The zero-order valence-corrected chi connectivity index (χ0v) is 18.1. The molecule has 3 rings (SSSR count). The summed E-state index contributed by atoms with van der Waals surface area (Å²) in [6.07, 6.45) is 1.61. The van der Waals surface area contributed by atoms with E-state index < -0.39 is 27.6 Å². The van der Waals surface area contributed by atoms with Crippen LogP contribution >= 0.6 is 22.9 Å². The van der Waals surface area contributed by atoms with Crippen LogP contribution < -0.4 is 10.2 Å². The first-order valence-electron chi connectivity index (χ1n) is 8.58. The van der Waals surface area contributed by atoms with Crippen molar-refractivity contribution < 1.29 is 27.9 Å². The van der Waals surface area contributed by atoms with E-state index in [1.165, 1.54) is 41.1 Å². The maximum absolute atomic E-state index is 13.1. The maximum atomic E-state index is 13.1. The van der Waals surface area contributed by atoms with E-state index in [4.69, 9.17) is 26.3 Å². The number of hydroxylamine groups is 1. The van der Waals surface area contributed by atoms with E-state index in [1.54, 1.807) is 20.0 Å². The summed E-state index contributed by atoms with van der Waals surface area (Å²) in [6, 6.07) is 4.64. The van der Waals surface area contributed by atoms with Gasteiger partial charge in [0.05, 0.1) is 22.0 Å². The van der Waals surface area contributed by atoms with Gasteiger partial charge in [0.2, 0.25) is 10.0 Å². The summed E-state index contributed by atoms with van der Waals surface area (Å²) in [7, 11) is -4.02. The molecule has 1 saturated heterocycles. The Morgan fingerprint density at radius 1 is 1.45 bits per heavy atom. The number of hydrogen-bond donors (Lipinski definition) is 2. The number of carbonyl (C=O) groups excluding carboxylic acids is 1. The van der Waals surface area contributed by atoms with E-state index in [1.807, 2.05) is 0 Å². The highest BCUT2D eigenvalue weighted by Gasteiger charge is 2.48. The van der Waals surface area contributed by atoms with Crippen molar-refractivity contribution in [2.75, 3.05) is 13.2 Å². The minimum absolute atomic E-state index is 0.000811. The van der Waals surface area contributed by atoms with Crippen molar-refractivity contribution >= 4 is 38.9 Å². The third-order valence-electron chi connectivity index (χ3n) is 4.43. The SMILES string of the molecule is CC1(C)OCCN(S(=O)(=O)c2ccc(OCc3cnc(Cl)s3)cc2)[C@@H]1C(=O)NO. The number of halogens is 1. The number of sulfonamides is 1. The molecule has 1 aromatic heterocycles. The number of morpholine rings is 1. The van der Waals surface area contributed by atoms with Crippen LogP contribution in [0.2, 0.25) is 4.47 Å². The molecule has 0 bridgehead atoms. The molecule has 0 radical (unpaired) electrons. The molecule has 0 unspecified atom stereocenters. The lowest BCUT2D eigenvalue weighted by Crippen LogP contribution is -2.64. The number of ether oxygens (including phenoxy) is 2. The van der Waals surface area contributed by atoms with Crippen LogP contribution in [0, 0.1) is 0 Å². The average Bonchev–Trinajstić information content (AvgIpc) is 3.10. The van der Waals surface area contributed by atoms with Gasteiger partial charge < -0.3 is 9.47 Å². The van der Waals surface area contributed by atoms with Crippen LogP contribution in [-0.4, -0.2) is 53.6 Å². The van der Waals surface area contributed by atoms with E-state index in [9.17, 15) is 13.2 Å². The molecule has 1 aliphatic rings. The zero-order chi connectivity index (χ0) is 21.2. The number of thiazole rings is 1. The van der Waals surface area contributed by atoms with Gasteiger partial charge in [0.25, 0.3) is 5.91 Å². The molecule has 9 nitrogen and oxygen atoms in total. The molecule has 1 amide bonds. The number of amides is 1. The van der Waals surface area contributed by atoms with Gasteiger partial charge in [-0.25, -0.2) is 18.9 Å². The van der Waals surface area contributed by atoms with Gasteiger partial charge in [-0.1, -0.05) is 11.6 Å². The number of hydrogen-bond acceptors (Lipinski definition) is 8. The number of nitrogens with one attached hydrogen (secondary N) is 1. The van der Waals surface area contributed by atoms with Gasteiger partial charge in [-0.05, 0) is 38.1 Å². The third-order valence-corrected chi connectivity index (χ3v) is 7.39. The number of carbonyl (C=O) groups is 1. The van der Waals surface area contributed by atoms with Crippen LogP contribution in [-0.2, 0) is 26.2 Å². The van der Waals surface area contributed by atoms with Crippen LogP contribution in [0.3, 0.4) is 0 Å². The monoisotopic (exact) mass is 461 g/mol. The predicted molar refractivity (Wildman–Crippen MR) is 106 cm³/mol. The van der Waals surface area contributed by atoms with Gasteiger partial charge in [-0.2, -0.15) is 4.31 Å². The van der Waals surface area contributed by atoms with Gasteiger partial charge in [-0.3, -0.25) is 10.0 Å². The average molecular weight is 462 g/mol. The molecule has 158 valence electrons. The highest BCUT2D eigenvalue weighted by atomic mass is 35.5. The quantitative estimate of drug-likeness (QED) is 0.499. The summed E-state index contributed by atoms with van der Waals surface area (Å²) in [5.74, 6) is -0.387. The van der Waals surface area contributed by atoms with E-state index in [2.05, 4.69) is 4.98 Å². The lowest BCUT2D eigenvalue weighted by Gasteiger charge is -2.43.